The maximum absolute atomic E-state index is 8.29. The number of benzene rings is 1. The van der Waals surface area contributed by atoms with Crippen LogP contribution in [0.1, 0.15) is 37.8 Å². The first kappa shape index (κ1) is 24.4. The van der Waals surface area contributed by atoms with Crippen molar-refractivity contribution < 1.29 is 4.74 Å². The highest BCUT2D eigenvalue weighted by molar-refractivity contribution is 6.34. The van der Waals surface area contributed by atoms with E-state index in [2.05, 4.69) is 54.5 Å². The molecule has 1 aromatic rings. The van der Waals surface area contributed by atoms with Gasteiger partial charge in [-0.2, -0.15) is 5.10 Å². The molecule has 0 radical (unpaired) electrons. The second-order valence-corrected chi connectivity index (χ2v) is 6.96. The number of nitrogens with one attached hydrogen (secondary N) is 3. The summed E-state index contributed by atoms with van der Waals surface area (Å²) in [5.41, 5.74) is 7.65. The van der Waals surface area contributed by atoms with Gasteiger partial charge < -0.3 is 15.0 Å². The fourth-order valence-electron chi connectivity index (χ4n) is 2.69. The van der Waals surface area contributed by atoms with Gasteiger partial charge in [0, 0.05) is 25.3 Å². The molecule has 3 N–H and O–H groups in total. The minimum absolute atomic E-state index is 0.327. The van der Waals surface area contributed by atoms with Crippen LogP contribution >= 0.6 is 0 Å². The van der Waals surface area contributed by atoms with Gasteiger partial charge in [-0.25, -0.2) is 0 Å². The number of hydrogen-bond acceptors (Lipinski definition) is 6. The average molecular weight is 400 g/mol. The Morgan fingerprint density at radius 2 is 1.90 bits per heavy atom. The highest BCUT2D eigenvalue weighted by atomic mass is 16.5. The number of ether oxygens (including phenoxy) is 1. The summed E-state index contributed by atoms with van der Waals surface area (Å²) in [7, 11) is 1.90. The van der Waals surface area contributed by atoms with Gasteiger partial charge in [-0.15, -0.1) is 0 Å². The second-order valence-electron chi connectivity index (χ2n) is 6.96. The summed E-state index contributed by atoms with van der Waals surface area (Å²) < 4.78 is 5.53. The number of nitrogens with zero attached hydrogens (tertiary/aromatic N) is 2. The standard InChI is InChI=1S/C23H37N5O/c1-6-12-28(13-7-2)23(10-14-29-15-11-25-5)17-21(24)18-26-27-22-9-8-19(3)20(4)16-22/h8-10,14,16-18,24-25,27H,6-7,11-13,15H2,1-5H3/b14-10+,23-17+,24-21?,26-18+. The molecule has 0 fully saturated rings. The first-order chi connectivity index (χ1) is 14.0. The minimum Gasteiger partial charge on any atom is -0.500 e. The topological polar surface area (TPSA) is 72.7 Å². The lowest BCUT2D eigenvalue weighted by Gasteiger charge is -2.24. The van der Waals surface area contributed by atoms with Crippen molar-refractivity contribution in [1.82, 2.24) is 10.2 Å². The second kappa shape index (κ2) is 14.4. The highest BCUT2D eigenvalue weighted by Gasteiger charge is 2.06. The molecule has 1 aromatic carbocycles. The van der Waals surface area contributed by atoms with Crippen LogP contribution in [0.25, 0.3) is 0 Å². The van der Waals surface area contributed by atoms with E-state index >= 15 is 0 Å². The van der Waals surface area contributed by atoms with E-state index in [1.807, 2.05) is 31.3 Å². The highest BCUT2D eigenvalue weighted by Crippen LogP contribution is 2.14. The third kappa shape index (κ3) is 9.94. The van der Waals surface area contributed by atoms with Gasteiger partial charge >= 0.3 is 0 Å². The Bertz CT molecular complexity index is 703. The third-order valence-electron chi connectivity index (χ3n) is 4.36. The zero-order chi connectivity index (χ0) is 21.5. The largest absolute Gasteiger partial charge is 0.500 e. The van der Waals surface area contributed by atoms with Crippen LogP contribution in [0.3, 0.4) is 0 Å². The van der Waals surface area contributed by atoms with Crippen molar-refractivity contribution in [2.75, 3.05) is 38.7 Å². The fourth-order valence-corrected chi connectivity index (χ4v) is 2.69. The van der Waals surface area contributed by atoms with Crippen molar-refractivity contribution in [3.63, 3.8) is 0 Å². The van der Waals surface area contributed by atoms with Crippen LogP contribution in [0, 0.1) is 19.3 Å². The normalized spacial score (nSPS) is 12.0. The smallest absolute Gasteiger partial charge is 0.0997 e. The van der Waals surface area contributed by atoms with E-state index in [0.717, 1.165) is 43.9 Å². The minimum atomic E-state index is 0.327. The number of likely N-dealkylation sites (N-methyl/N-ethyl adjacent to an activating group) is 1. The molecule has 0 saturated carbocycles. The Hall–Kier alpha value is -2.60. The first-order valence-corrected chi connectivity index (χ1v) is 10.4. The molecule has 6 heteroatoms. The number of anilines is 1. The van der Waals surface area contributed by atoms with Crippen molar-refractivity contribution in [2.45, 2.75) is 40.5 Å². The number of rotatable bonds is 14. The van der Waals surface area contributed by atoms with E-state index in [0.29, 0.717) is 12.3 Å². The van der Waals surface area contributed by atoms with Crippen LogP contribution in [0.4, 0.5) is 5.69 Å². The van der Waals surface area contributed by atoms with E-state index in [1.54, 1.807) is 6.26 Å². The zero-order valence-corrected chi connectivity index (χ0v) is 18.6. The monoisotopic (exact) mass is 399 g/mol. The fraction of sp³-hybridized carbons (Fsp3) is 0.478. The van der Waals surface area contributed by atoms with Crippen molar-refractivity contribution in [3.8, 4) is 0 Å². The van der Waals surface area contributed by atoms with Crippen molar-refractivity contribution >= 4 is 17.6 Å². The Labute approximate surface area is 176 Å². The summed E-state index contributed by atoms with van der Waals surface area (Å²) in [5, 5.41) is 15.6. The van der Waals surface area contributed by atoms with Crippen LogP contribution in [0.2, 0.25) is 0 Å². The van der Waals surface area contributed by atoms with Gasteiger partial charge in [-0.1, -0.05) is 19.9 Å². The molecule has 0 aliphatic rings. The van der Waals surface area contributed by atoms with Crippen LogP contribution in [0.5, 0.6) is 0 Å². The lowest BCUT2D eigenvalue weighted by atomic mass is 10.1. The third-order valence-corrected chi connectivity index (χ3v) is 4.36. The lowest BCUT2D eigenvalue weighted by molar-refractivity contribution is 0.250. The summed E-state index contributed by atoms with van der Waals surface area (Å²) in [4.78, 5) is 2.27. The van der Waals surface area contributed by atoms with Crippen LogP contribution in [0.15, 0.2) is 47.4 Å². The van der Waals surface area contributed by atoms with Crippen molar-refractivity contribution in [3.05, 3.63) is 53.4 Å². The predicted molar refractivity (Wildman–Crippen MR) is 125 cm³/mol. The van der Waals surface area contributed by atoms with Gasteiger partial charge in [0.05, 0.1) is 30.5 Å². The molecule has 6 nitrogen and oxygen atoms in total. The number of aryl methyl sites for hydroxylation is 2. The Kier molecular flexibility index (Phi) is 12.1. The molecule has 0 bridgehead atoms. The van der Waals surface area contributed by atoms with E-state index < -0.39 is 0 Å². The SMILES string of the molecule is CCCN(CCC)C(/C=C/OCCNC)=C/C(=N)/C=N/Nc1ccc(C)c(C)c1. The maximum Gasteiger partial charge on any atom is 0.0997 e. The molecular formula is C23H37N5O. The van der Waals surface area contributed by atoms with Crippen molar-refractivity contribution in [1.29, 1.82) is 5.41 Å². The summed E-state index contributed by atoms with van der Waals surface area (Å²) in [6, 6.07) is 6.09. The number of hydrazone groups is 1. The van der Waals surface area contributed by atoms with E-state index in [9.17, 15) is 0 Å². The molecule has 0 unspecified atom stereocenters. The Balaban J connectivity index is 2.84. The van der Waals surface area contributed by atoms with E-state index in [-0.39, 0.29) is 0 Å². The average Bonchev–Trinajstić information content (AvgIpc) is 2.69. The van der Waals surface area contributed by atoms with Gasteiger partial charge in [0.1, 0.15) is 0 Å². The molecular weight excluding hydrogens is 362 g/mol. The molecule has 0 spiro atoms. The Morgan fingerprint density at radius 1 is 1.17 bits per heavy atom. The van der Waals surface area contributed by atoms with Gasteiger partial charge in [0.25, 0.3) is 0 Å². The lowest BCUT2D eigenvalue weighted by Crippen LogP contribution is -2.25. The molecule has 0 aliphatic heterocycles. The van der Waals surface area contributed by atoms with Gasteiger partial charge in [-0.3, -0.25) is 10.8 Å². The van der Waals surface area contributed by atoms with Gasteiger partial charge in [-0.05, 0) is 69.1 Å². The molecule has 0 saturated heterocycles. The summed E-state index contributed by atoms with van der Waals surface area (Å²) in [5.74, 6) is 0. The molecule has 0 aromatic heterocycles. The molecule has 1 rings (SSSR count). The summed E-state index contributed by atoms with van der Waals surface area (Å²) in [6.45, 7) is 11.8. The molecule has 0 heterocycles. The van der Waals surface area contributed by atoms with Crippen LogP contribution < -0.4 is 10.7 Å². The van der Waals surface area contributed by atoms with Crippen LogP contribution in [-0.4, -0.2) is 50.1 Å². The zero-order valence-electron chi connectivity index (χ0n) is 18.6. The summed E-state index contributed by atoms with van der Waals surface area (Å²) in [6.07, 6.45) is 9.08. The molecule has 160 valence electrons. The van der Waals surface area contributed by atoms with Crippen molar-refractivity contribution in [2.24, 2.45) is 5.10 Å². The van der Waals surface area contributed by atoms with Gasteiger partial charge in [0.2, 0.25) is 0 Å². The number of allylic oxidation sites excluding steroid dienone is 2. The molecule has 0 amide bonds. The van der Waals surface area contributed by atoms with E-state index in [4.69, 9.17) is 10.1 Å². The maximum atomic E-state index is 8.29. The molecule has 29 heavy (non-hydrogen) atoms. The quantitative estimate of drug-likeness (QED) is 0.142. The predicted octanol–water partition coefficient (Wildman–Crippen LogP) is 4.48. The first-order valence-electron chi connectivity index (χ1n) is 10.4. The Morgan fingerprint density at radius 3 is 2.52 bits per heavy atom. The number of hydrogen-bond donors (Lipinski definition) is 3. The van der Waals surface area contributed by atoms with Crippen LogP contribution in [-0.2, 0) is 4.74 Å². The molecule has 0 atom stereocenters. The summed E-state index contributed by atoms with van der Waals surface area (Å²) >= 11 is 0. The van der Waals surface area contributed by atoms with Gasteiger partial charge in [0.15, 0.2) is 0 Å². The molecule has 0 aliphatic carbocycles. The van der Waals surface area contributed by atoms with E-state index in [1.165, 1.54) is 17.3 Å².